The maximum atomic E-state index is 12.5. The van der Waals surface area contributed by atoms with Crippen molar-refractivity contribution < 1.29 is 9.59 Å². The highest BCUT2D eigenvalue weighted by Gasteiger charge is 2.68. The van der Waals surface area contributed by atoms with Crippen molar-refractivity contribution in [3.05, 3.63) is 30.3 Å². The summed E-state index contributed by atoms with van der Waals surface area (Å²) in [4.78, 5) is 26.3. The van der Waals surface area contributed by atoms with Gasteiger partial charge in [-0.2, -0.15) is 0 Å². The average molecular weight is 370 g/mol. The summed E-state index contributed by atoms with van der Waals surface area (Å²) in [5.74, 6) is 0.0136. The first-order chi connectivity index (χ1) is 11.3. The summed E-state index contributed by atoms with van der Waals surface area (Å²) in [5, 5.41) is 5.76. The molecule has 0 aromatic heterocycles. The van der Waals surface area contributed by atoms with Gasteiger partial charge in [-0.15, -0.1) is 23.2 Å². The number of hydrogen-bond acceptors (Lipinski definition) is 2. The van der Waals surface area contributed by atoms with Gasteiger partial charge in [0.25, 0.3) is 0 Å². The minimum atomic E-state index is -0.936. The molecule has 2 N–H and O–H groups in total. The van der Waals surface area contributed by atoms with Crippen molar-refractivity contribution in [3.8, 4) is 0 Å². The van der Waals surface area contributed by atoms with Crippen LogP contribution in [0.3, 0.4) is 0 Å². The second-order valence-corrected chi connectivity index (χ2v) is 8.23. The fourth-order valence-corrected chi connectivity index (χ4v) is 3.78. The number of carbonyl (C=O) groups excluding carboxylic acids is 2. The fourth-order valence-electron chi connectivity index (χ4n) is 3.08. The second-order valence-electron chi connectivity index (χ2n) is 6.74. The summed E-state index contributed by atoms with van der Waals surface area (Å²) in [6, 6.07) is 9.13. The molecular formula is C17H21Cl2N3O2. The molecule has 2 aliphatic rings. The van der Waals surface area contributed by atoms with E-state index in [2.05, 4.69) is 10.6 Å². The van der Waals surface area contributed by atoms with Crippen LogP contribution in [0.25, 0.3) is 0 Å². The van der Waals surface area contributed by atoms with Crippen LogP contribution >= 0.6 is 23.2 Å². The summed E-state index contributed by atoms with van der Waals surface area (Å²) < 4.78 is -0.936. The molecule has 7 heteroatoms. The predicted octanol–water partition coefficient (Wildman–Crippen LogP) is 3.38. The molecule has 1 saturated heterocycles. The minimum Gasteiger partial charge on any atom is -0.342 e. The van der Waals surface area contributed by atoms with E-state index in [9.17, 15) is 9.59 Å². The standard InChI is InChI=1S/C17H21Cl2N3O2/c1-16(11-17(16,18)19)14(23)22-9-7-13(8-10-22)21-15(24)20-12-5-3-2-4-6-12/h2-6,13H,7-11H2,1H3,(H2,20,21,24)/t16-/m1/s1. The summed E-state index contributed by atoms with van der Waals surface area (Å²) in [6.07, 6.45) is 1.95. The van der Waals surface area contributed by atoms with Gasteiger partial charge in [-0.05, 0) is 38.3 Å². The number of benzene rings is 1. The van der Waals surface area contributed by atoms with Gasteiger partial charge in [0.1, 0.15) is 4.33 Å². The fraction of sp³-hybridized carbons (Fsp3) is 0.529. The molecule has 1 aromatic rings. The highest BCUT2D eigenvalue weighted by atomic mass is 35.5. The van der Waals surface area contributed by atoms with E-state index in [1.807, 2.05) is 37.3 Å². The van der Waals surface area contributed by atoms with Crippen LogP contribution in [0.15, 0.2) is 30.3 Å². The van der Waals surface area contributed by atoms with E-state index in [4.69, 9.17) is 23.2 Å². The maximum Gasteiger partial charge on any atom is 0.319 e. The third-order valence-corrected chi connectivity index (χ3v) is 5.98. The third kappa shape index (κ3) is 3.47. The lowest BCUT2D eigenvalue weighted by Crippen LogP contribution is -2.49. The van der Waals surface area contributed by atoms with Gasteiger partial charge >= 0.3 is 6.03 Å². The molecule has 1 aliphatic carbocycles. The smallest absolute Gasteiger partial charge is 0.319 e. The highest BCUT2D eigenvalue weighted by molar-refractivity contribution is 6.53. The van der Waals surface area contributed by atoms with E-state index >= 15 is 0 Å². The van der Waals surface area contributed by atoms with Gasteiger partial charge in [0.05, 0.1) is 5.41 Å². The zero-order valence-electron chi connectivity index (χ0n) is 13.5. The van der Waals surface area contributed by atoms with Crippen molar-refractivity contribution in [2.24, 2.45) is 5.41 Å². The number of rotatable bonds is 3. The zero-order valence-corrected chi connectivity index (χ0v) is 15.0. The van der Waals surface area contributed by atoms with E-state index < -0.39 is 9.75 Å². The lowest BCUT2D eigenvalue weighted by atomic mass is 10.0. The number of alkyl halides is 2. The Morgan fingerprint density at radius 1 is 1.17 bits per heavy atom. The summed E-state index contributed by atoms with van der Waals surface area (Å²) in [6.45, 7) is 3.02. The molecule has 1 heterocycles. The molecule has 5 nitrogen and oxygen atoms in total. The first-order valence-electron chi connectivity index (χ1n) is 8.12. The Balaban J connectivity index is 1.46. The van der Waals surface area contributed by atoms with Gasteiger partial charge in [0.15, 0.2) is 0 Å². The van der Waals surface area contributed by atoms with Gasteiger partial charge < -0.3 is 15.5 Å². The van der Waals surface area contributed by atoms with Crippen LogP contribution in [0, 0.1) is 5.41 Å². The third-order valence-electron chi connectivity index (χ3n) is 4.88. The van der Waals surface area contributed by atoms with Crippen LogP contribution in [0.4, 0.5) is 10.5 Å². The van der Waals surface area contributed by atoms with E-state index in [0.29, 0.717) is 19.5 Å². The lowest BCUT2D eigenvalue weighted by Gasteiger charge is -2.34. The van der Waals surface area contributed by atoms with Gasteiger partial charge in [-0.3, -0.25) is 4.79 Å². The Morgan fingerprint density at radius 2 is 1.75 bits per heavy atom. The number of carbonyl (C=O) groups is 2. The molecule has 1 atom stereocenters. The topological polar surface area (TPSA) is 61.4 Å². The average Bonchev–Trinajstić information content (AvgIpc) is 3.08. The molecule has 130 valence electrons. The predicted molar refractivity (Wildman–Crippen MR) is 95.4 cm³/mol. The van der Waals surface area contributed by atoms with Crippen LogP contribution in [-0.2, 0) is 4.79 Å². The number of halogens is 2. The van der Waals surface area contributed by atoms with Crippen molar-refractivity contribution in [1.29, 1.82) is 0 Å². The number of hydrogen-bond donors (Lipinski definition) is 2. The van der Waals surface area contributed by atoms with Crippen LogP contribution in [0.2, 0.25) is 0 Å². The summed E-state index contributed by atoms with van der Waals surface area (Å²) >= 11 is 12.2. The van der Waals surface area contributed by atoms with Crippen molar-refractivity contribution in [3.63, 3.8) is 0 Å². The SMILES string of the molecule is C[C@]1(C(=O)N2CCC(NC(=O)Nc3ccccc3)CC2)CC1(Cl)Cl. The zero-order chi connectivity index (χ0) is 17.4. The van der Waals surface area contributed by atoms with Gasteiger partial charge in [-0.1, -0.05) is 18.2 Å². The lowest BCUT2D eigenvalue weighted by molar-refractivity contribution is -0.137. The van der Waals surface area contributed by atoms with E-state index in [-0.39, 0.29) is 18.0 Å². The number of amides is 3. The first kappa shape index (κ1) is 17.4. The second kappa shape index (κ2) is 6.45. The van der Waals surface area contributed by atoms with Crippen LogP contribution < -0.4 is 10.6 Å². The van der Waals surface area contributed by atoms with E-state index in [1.165, 1.54) is 0 Å². The summed E-state index contributed by atoms with van der Waals surface area (Å²) in [7, 11) is 0. The van der Waals surface area contributed by atoms with Crippen molar-refractivity contribution >= 4 is 40.8 Å². The number of urea groups is 1. The minimum absolute atomic E-state index is 0.0136. The quantitative estimate of drug-likeness (QED) is 0.802. The van der Waals surface area contributed by atoms with Crippen molar-refractivity contribution in [2.45, 2.75) is 36.6 Å². The van der Waals surface area contributed by atoms with Crippen molar-refractivity contribution in [2.75, 3.05) is 18.4 Å². The van der Waals surface area contributed by atoms with Gasteiger partial charge in [-0.25, -0.2) is 4.79 Å². The molecular weight excluding hydrogens is 349 g/mol. The molecule has 0 bridgehead atoms. The Labute approximate surface area is 151 Å². The molecule has 1 aromatic carbocycles. The largest absolute Gasteiger partial charge is 0.342 e. The molecule has 1 aliphatic heterocycles. The number of nitrogens with one attached hydrogen (secondary N) is 2. The number of likely N-dealkylation sites (tertiary alicyclic amines) is 1. The monoisotopic (exact) mass is 369 g/mol. The van der Waals surface area contributed by atoms with Crippen LogP contribution in [0.1, 0.15) is 26.2 Å². The molecule has 2 fully saturated rings. The Kier molecular flexibility index (Phi) is 4.67. The van der Waals surface area contributed by atoms with E-state index in [0.717, 1.165) is 18.5 Å². The number of anilines is 1. The van der Waals surface area contributed by atoms with Crippen LogP contribution in [0.5, 0.6) is 0 Å². The molecule has 3 amide bonds. The normalized spacial score (nSPS) is 25.9. The Hall–Kier alpha value is -1.46. The highest BCUT2D eigenvalue weighted by Crippen LogP contribution is 2.64. The number of nitrogens with zero attached hydrogens (tertiary/aromatic N) is 1. The van der Waals surface area contributed by atoms with Crippen molar-refractivity contribution in [1.82, 2.24) is 10.2 Å². The maximum absolute atomic E-state index is 12.5. The number of piperidine rings is 1. The summed E-state index contributed by atoms with van der Waals surface area (Å²) in [5.41, 5.74) is 0.0889. The van der Waals surface area contributed by atoms with Gasteiger partial charge in [0.2, 0.25) is 5.91 Å². The number of para-hydroxylation sites is 1. The Morgan fingerprint density at radius 3 is 2.29 bits per heavy atom. The molecule has 0 radical (unpaired) electrons. The molecule has 3 rings (SSSR count). The molecule has 0 spiro atoms. The van der Waals surface area contributed by atoms with E-state index in [1.54, 1.807) is 4.90 Å². The Bertz CT molecular complexity index is 630. The molecule has 24 heavy (non-hydrogen) atoms. The van der Waals surface area contributed by atoms with Gasteiger partial charge in [0, 0.05) is 24.8 Å². The van der Waals surface area contributed by atoms with Crippen LogP contribution in [-0.4, -0.2) is 40.3 Å². The first-order valence-corrected chi connectivity index (χ1v) is 8.87. The molecule has 1 saturated carbocycles. The molecule has 0 unspecified atom stereocenters.